The lowest BCUT2D eigenvalue weighted by Gasteiger charge is -2.22. The Morgan fingerprint density at radius 2 is 2.10 bits per heavy atom. The highest BCUT2D eigenvalue weighted by Gasteiger charge is 2.31. The number of nitrogens with one attached hydrogen (secondary N) is 1. The van der Waals surface area contributed by atoms with Crippen molar-refractivity contribution in [2.75, 3.05) is 13.7 Å². The number of methoxy groups -OCH3 is 1. The van der Waals surface area contributed by atoms with E-state index in [0.717, 1.165) is 42.6 Å². The molecule has 0 spiro atoms. The van der Waals surface area contributed by atoms with Crippen molar-refractivity contribution in [3.8, 4) is 5.75 Å². The van der Waals surface area contributed by atoms with Crippen LogP contribution in [0.25, 0.3) is 0 Å². The summed E-state index contributed by atoms with van der Waals surface area (Å²) in [5.41, 5.74) is 1.28. The summed E-state index contributed by atoms with van der Waals surface area (Å²) >= 11 is 0. The average molecular weight is 277 g/mol. The molecule has 0 aromatic heterocycles. The van der Waals surface area contributed by atoms with Crippen molar-refractivity contribution in [1.82, 2.24) is 5.32 Å². The summed E-state index contributed by atoms with van der Waals surface area (Å²) in [5, 5.41) is 13.0. The Labute approximate surface area is 120 Å². The second-order valence-electron chi connectivity index (χ2n) is 5.69. The first-order valence-corrected chi connectivity index (χ1v) is 7.15. The van der Waals surface area contributed by atoms with E-state index in [0.29, 0.717) is 13.0 Å². The lowest BCUT2D eigenvalue weighted by atomic mass is 10.0. The number of carbonyl (C=O) groups excluding carboxylic acids is 1. The molecule has 1 aliphatic carbocycles. The van der Waals surface area contributed by atoms with Gasteiger partial charge in [-0.15, -0.1) is 0 Å². The molecule has 1 saturated carbocycles. The van der Waals surface area contributed by atoms with Crippen molar-refractivity contribution in [3.05, 3.63) is 29.3 Å². The molecule has 4 heteroatoms. The highest BCUT2D eigenvalue weighted by Crippen LogP contribution is 2.28. The van der Waals surface area contributed by atoms with Crippen LogP contribution in [0, 0.1) is 6.92 Å². The SMILES string of the molecule is COc1cc(CC(=O)NCC2(O)CCCC2)ccc1C. The first-order valence-electron chi connectivity index (χ1n) is 7.15. The van der Waals surface area contributed by atoms with E-state index in [-0.39, 0.29) is 5.91 Å². The molecule has 0 atom stereocenters. The first-order chi connectivity index (χ1) is 9.52. The van der Waals surface area contributed by atoms with Crippen LogP contribution in [0.15, 0.2) is 18.2 Å². The molecule has 0 heterocycles. The van der Waals surface area contributed by atoms with Crippen LogP contribution in [0.1, 0.15) is 36.8 Å². The predicted octanol–water partition coefficient (Wildman–Crippen LogP) is 1.97. The molecule has 2 rings (SSSR count). The number of rotatable bonds is 5. The maximum absolute atomic E-state index is 11.9. The van der Waals surface area contributed by atoms with E-state index in [4.69, 9.17) is 4.74 Å². The second kappa shape index (κ2) is 6.27. The number of ether oxygens (including phenoxy) is 1. The van der Waals surface area contributed by atoms with Gasteiger partial charge in [0.05, 0.1) is 19.1 Å². The Morgan fingerprint density at radius 3 is 2.75 bits per heavy atom. The maximum Gasteiger partial charge on any atom is 0.224 e. The third kappa shape index (κ3) is 3.73. The largest absolute Gasteiger partial charge is 0.496 e. The lowest BCUT2D eigenvalue weighted by molar-refractivity contribution is -0.121. The molecule has 4 nitrogen and oxygen atoms in total. The lowest BCUT2D eigenvalue weighted by Crippen LogP contribution is -2.41. The Kier molecular flexibility index (Phi) is 4.65. The normalized spacial score (nSPS) is 16.9. The first kappa shape index (κ1) is 14.9. The van der Waals surface area contributed by atoms with E-state index in [1.807, 2.05) is 25.1 Å². The Bertz CT molecular complexity index is 479. The third-order valence-corrected chi connectivity index (χ3v) is 3.99. The van der Waals surface area contributed by atoms with Gasteiger partial charge in [0.25, 0.3) is 0 Å². The fourth-order valence-corrected chi connectivity index (χ4v) is 2.70. The van der Waals surface area contributed by atoms with Crippen LogP contribution >= 0.6 is 0 Å². The minimum atomic E-state index is -0.694. The zero-order valence-corrected chi connectivity index (χ0v) is 12.2. The van der Waals surface area contributed by atoms with Crippen molar-refractivity contribution in [3.63, 3.8) is 0 Å². The van der Waals surface area contributed by atoms with Gasteiger partial charge in [0, 0.05) is 6.54 Å². The zero-order chi connectivity index (χ0) is 14.6. The van der Waals surface area contributed by atoms with Crippen LogP contribution < -0.4 is 10.1 Å². The minimum Gasteiger partial charge on any atom is -0.496 e. The number of carbonyl (C=O) groups is 1. The summed E-state index contributed by atoms with van der Waals surface area (Å²) in [4.78, 5) is 11.9. The van der Waals surface area contributed by atoms with Gasteiger partial charge in [0.15, 0.2) is 0 Å². The summed E-state index contributed by atoms with van der Waals surface area (Å²) in [5.74, 6) is 0.737. The molecule has 1 aromatic rings. The highest BCUT2D eigenvalue weighted by atomic mass is 16.5. The van der Waals surface area contributed by atoms with Crippen molar-refractivity contribution in [1.29, 1.82) is 0 Å². The molecule has 2 N–H and O–H groups in total. The van der Waals surface area contributed by atoms with Gasteiger partial charge < -0.3 is 15.2 Å². The number of hydrogen-bond acceptors (Lipinski definition) is 3. The fraction of sp³-hybridized carbons (Fsp3) is 0.562. The molecule has 0 unspecified atom stereocenters. The third-order valence-electron chi connectivity index (χ3n) is 3.99. The summed E-state index contributed by atoms with van der Waals surface area (Å²) in [6.07, 6.45) is 3.97. The monoisotopic (exact) mass is 277 g/mol. The van der Waals surface area contributed by atoms with E-state index in [9.17, 15) is 9.90 Å². The highest BCUT2D eigenvalue weighted by molar-refractivity contribution is 5.78. The Hall–Kier alpha value is -1.55. The smallest absolute Gasteiger partial charge is 0.224 e. The van der Waals surface area contributed by atoms with E-state index < -0.39 is 5.60 Å². The van der Waals surface area contributed by atoms with Gasteiger partial charge >= 0.3 is 0 Å². The molecule has 1 aromatic carbocycles. The number of aryl methyl sites for hydroxylation is 1. The Morgan fingerprint density at radius 1 is 1.40 bits per heavy atom. The van der Waals surface area contributed by atoms with Crippen molar-refractivity contribution >= 4 is 5.91 Å². The van der Waals surface area contributed by atoms with Gasteiger partial charge in [-0.2, -0.15) is 0 Å². The molecule has 110 valence electrons. The molecule has 0 bridgehead atoms. The van der Waals surface area contributed by atoms with Crippen molar-refractivity contribution in [2.45, 2.75) is 44.6 Å². The van der Waals surface area contributed by atoms with E-state index in [2.05, 4.69) is 5.32 Å². The van der Waals surface area contributed by atoms with Crippen LogP contribution in [0.4, 0.5) is 0 Å². The number of aliphatic hydroxyl groups is 1. The molecule has 20 heavy (non-hydrogen) atoms. The molecule has 1 fully saturated rings. The molecule has 1 amide bonds. The number of amides is 1. The van der Waals surface area contributed by atoms with E-state index in [1.54, 1.807) is 7.11 Å². The van der Waals surface area contributed by atoms with Gasteiger partial charge in [-0.05, 0) is 37.0 Å². The van der Waals surface area contributed by atoms with Crippen LogP contribution in [-0.2, 0) is 11.2 Å². The van der Waals surface area contributed by atoms with Gasteiger partial charge in [-0.3, -0.25) is 4.79 Å². The van der Waals surface area contributed by atoms with Gasteiger partial charge in [0.1, 0.15) is 5.75 Å². The average Bonchev–Trinajstić information content (AvgIpc) is 2.86. The summed E-state index contributed by atoms with van der Waals surface area (Å²) in [6.45, 7) is 2.33. The number of hydrogen-bond donors (Lipinski definition) is 2. The standard InChI is InChI=1S/C16H23NO3/c1-12-5-6-13(9-14(12)20-2)10-15(18)17-11-16(19)7-3-4-8-16/h5-6,9,19H,3-4,7-8,10-11H2,1-2H3,(H,17,18). The molecule has 1 aliphatic rings. The number of benzene rings is 1. The van der Waals surface area contributed by atoms with E-state index in [1.165, 1.54) is 0 Å². The second-order valence-corrected chi connectivity index (χ2v) is 5.69. The van der Waals surface area contributed by atoms with Crippen molar-refractivity contribution in [2.24, 2.45) is 0 Å². The van der Waals surface area contributed by atoms with Gasteiger partial charge in [-0.1, -0.05) is 25.0 Å². The predicted molar refractivity (Wildman–Crippen MR) is 77.9 cm³/mol. The van der Waals surface area contributed by atoms with Crippen LogP contribution in [0.3, 0.4) is 0 Å². The molecule has 0 saturated heterocycles. The Balaban J connectivity index is 1.88. The maximum atomic E-state index is 11.9. The van der Waals surface area contributed by atoms with Crippen LogP contribution in [0.5, 0.6) is 5.75 Å². The summed E-state index contributed by atoms with van der Waals surface area (Å²) < 4.78 is 5.25. The quantitative estimate of drug-likeness (QED) is 0.865. The summed E-state index contributed by atoms with van der Waals surface area (Å²) in [6, 6.07) is 5.77. The minimum absolute atomic E-state index is 0.0590. The topological polar surface area (TPSA) is 58.6 Å². The zero-order valence-electron chi connectivity index (χ0n) is 12.2. The molecule has 0 radical (unpaired) electrons. The van der Waals surface area contributed by atoms with Crippen LogP contribution in [-0.4, -0.2) is 30.3 Å². The van der Waals surface area contributed by atoms with E-state index >= 15 is 0 Å². The van der Waals surface area contributed by atoms with Gasteiger partial charge in [0.2, 0.25) is 5.91 Å². The van der Waals surface area contributed by atoms with Crippen LogP contribution in [0.2, 0.25) is 0 Å². The molecule has 0 aliphatic heterocycles. The van der Waals surface area contributed by atoms with Crippen molar-refractivity contribution < 1.29 is 14.6 Å². The molecular formula is C16H23NO3. The fourth-order valence-electron chi connectivity index (χ4n) is 2.70. The summed E-state index contributed by atoms with van der Waals surface area (Å²) in [7, 11) is 1.63. The molecular weight excluding hydrogens is 254 g/mol. The van der Waals surface area contributed by atoms with Gasteiger partial charge in [-0.25, -0.2) is 0 Å².